The predicted octanol–water partition coefficient (Wildman–Crippen LogP) is 3.07. The molecule has 0 aromatic heterocycles. The van der Waals surface area contributed by atoms with E-state index in [0.717, 1.165) is 37.4 Å². The van der Waals surface area contributed by atoms with Crippen LogP contribution < -0.4 is 4.74 Å². The molecule has 0 amide bonds. The molecule has 1 aromatic carbocycles. The van der Waals surface area contributed by atoms with Gasteiger partial charge in [0.05, 0.1) is 7.11 Å². The van der Waals surface area contributed by atoms with E-state index >= 15 is 0 Å². The molecule has 0 unspecified atom stereocenters. The monoisotopic (exact) mass is 303 g/mol. The summed E-state index contributed by atoms with van der Waals surface area (Å²) in [5.41, 5.74) is 1.67. The molecule has 0 aliphatic heterocycles. The molecule has 0 saturated heterocycles. The maximum absolute atomic E-state index is 11.5. The Morgan fingerprint density at radius 2 is 1.95 bits per heavy atom. The third-order valence-electron chi connectivity index (χ3n) is 3.13. The Bertz CT molecular complexity index is 408. The second-order valence-electron chi connectivity index (χ2n) is 4.11. The van der Waals surface area contributed by atoms with Gasteiger partial charge in [-0.05, 0) is 43.3 Å². The number of halogens is 1. The summed E-state index contributed by atoms with van der Waals surface area (Å²) in [6, 6.07) is 5.50. The molecule has 0 saturated carbocycles. The van der Waals surface area contributed by atoms with Gasteiger partial charge in [0, 0.05) is 12.1 Å². The first kappa shape index (κ1) is 18.3. The zero-order valence-electron chi connectivity index (χ0n) is 11.7. The highest BCUT2D eigenvalue weighted by Gasteiger charge is 2.10. The van der Waals surface area contributed by atoms with Crippen LogP contribution in [0.2, 0.25) is 0 Å². The van der Waals surface area contributed by atoms with E-state index in [9.17, 15) is 4.79 Å². The van der Waals surface area contributed by atoms with E-state index in [4.69, 9.17) is 4.74 Å². The topological polar surface area (TPSA) is 29.5 Å². The number of carbonyl (C=O) groups excluding carboxylic acids is 1. The number of hydrogen-bond acceptors (Lipinski definition) is 3. The van der Waals surface area contributed by atoms with E-state index in [2.05, 4.69) is 31.4 Å². The molecule has 1 rings (SSSR count). The first-order valence-electron chi connectivity index (χ1n) is 6.24. The van der Waals surface area contributed by atoms with Gasteiger partial charge in [-0.15, -0.1) is 25.0 Å². The van der Waals surface area contributed by atoms with Gasteiger partial charge in [-0.2, -0.15) is 0 Å². The Hall–Kier alpha value is -0.710. The van der Waals surface area contributed by atoms with Crippen molar-refractivity contribution in [1.82, 2.24) is 4.90 Å². The Kier molecular flexibility index (Phi) is 8.89. The Morgan fingerprint density at radius 1 is 1.32 bits per heavy atom. The molecule has 108 valence electrons. The van der Waals surface area contributed by atoms with E-state index in [1.165, 1.54) is 0 Å². The van der Waals surface area contributed by atoms with Gasteiger partial charge in [0.15, 0.2) is 0 Å². The summed E-state index contributed by atoms with van der Waals surface area (Å²) >= 11 is 3.92. The van der Waals surface area contributed by atoms with Crippen molar-refractivity contribution in [2.75, 3.05) is 26.7 Å². The van der Waals surface area contributed by atoms with Crippen LogP contribution in [0.15, 0.2) is 18.2 Å². The van der Waals surface area contributed by atoms with Gasteiger partial charge in [-0.25, -0.2) is 0 Å². The van der Waals surface area contributed by atoms with Crippen molar-refractivity contribution >= 4 is 30.2 Å². The minimum Gasteiger partial charge on any atom is -0.497 e. The number of ether oxygens (including phenoxy) is 1. The highest BCUT2D eigenvalue weighted by molar-refractivity contribution is 7.97. The molecule has 19 heavy (non-hydrogen) atoms. The summed E-state index contributed by atoms with van der Waals surface area (Å²) in [7, 11) is 1.63. The van der Waals surface area contributed by atoms with Gasteiger partial charge < -0.3 is 9.64 Å². The number of hydrogen-bond donors (Lipinski definition) is 1. The zero-order chi connectivity index (χ0) is 13.5. The number of benzene rings is 1. The largest absolute Gasteiger partial charge is 0.497 e. The predicted molar refractivity (Wildman–Crippen MR) is 85.1 cm³/mol. The molecule has 0 aliphatic carbocycles. The summed E-state index contributed by atoms with van der Waals surface area (Å²) in [6.07, 6.45) is 0.834. The quantitative estimate of drug-likeness (QED) is 0.785. The fourth-order valence-electron chi connectivity index (χ4n) is 1.93. The molecule has 0 fully saturated rings. The SMILES string of the molecule is CCN(CC)CCc1cc(OC)ccc1C(=O)S.Cl. The average molecular weight is 304 g/mol. The van der Waals surface area contributed by atoms with Crippen LogP contribution in [-0.2, 0) is 6.42 Å². The van der Waals surface area contributed by atoms with E-state index in [-0.39, 0.29) is 17.5 Å². The smallest absolute Gasteiger partial charge is 0.216 e. The number of nitrogens with zero attached hydrogens (tertiary/aromatic N) is 1. The van der Waals surface area contributed by atoms with Gasteiger partial charge >= 0.3 is 0 Å². The molecule has 0 spiro atoms. The number of carbonyl (C=O) groups is 1. The van der Waals surface area contributed by atoms with Crippen molar-refractivity contribution in [3.63, 3.8) is 0 Å². The van der Waals surface area contributed by atoms with Crippen LogP contribution in [0.3, 0.4) is 0 Å². The van der Waals surface area contributed by atoms with Crippen molar-refractivity contribution in [1.29, 1.82) is 0 Å². The van der Waals surface area contributed by atoms with Crippen LogP contribution >= 0.6 is 25.0 Å². The lowest BCUT2D eigenvalue weighted by molar-refractivity contribution is 0.109. The third-order valence-corrected chi connectivity index (χ3v) is 3.38. The normalized spacial score (nSPS) is 10.2. The molecular formula is C14H22ClNO2S. The van der Waals surface area contributed by atoms with Crippen LogP contribution in [0.5, 0.6) is 5.75 Å². The second-order valence-corrected chi connectivity index (χ2v) is 4.51. The summed E-state index contributed by atoms with van der Waals surface area (Å²) in [6.45, 7) is 7.25. The van der Waals surface area contributed by atoms with Crippen molar-refractivity contribution in [2.24, 2.45) is 0 Å². The lowest BCUT2D eigenvalue weighted by Gasteiger charge is -2.18. The average Bonchev–Trinajstić information content (AvgIpc) is 2.39. The highest BCUT2D eigenvalue weighted by atomic mass is 35.5. The number of likely N-dealkylation sites (N-methyl/N-ethyl adjacent to an activating group) is 1. The molecule has 0 atom stereocenters. The molecule has 0 radical (unpaired) electrons. The molecule has 5 heteroatoms. The molecule has 0 aliphatic rings. The van der Waals surface area contributed by atoms with E-state index in [0.29, 0.717) is 5.56 Å². The van der Waals surface area contributed by atoms with Gasteiger partial charge in [0.25, 0.3) is 0 Å². The Morgan fingerprint density at radius 3 is 2.42 bits per heavy atom. The summed E-state index contributed by atoms with van der Waals surface area (Å²) in [5.74, 6) is 0.780. The van der Waals surface area contributed by atoms with E-state index < -0.39 is 0 Å². The standard InChI is InChI=1S/C14H21NO2S.ClH/c1-4-15(5-2)9-8-11-10-12(17-3)6-7-13(11)14(16)18;/h6-7,10H,4-5,8-9H2,1-3H3,(H,16,18);1H. The van der Waals surface area contributed by atoms with Crippen LogP contribution in [0.25, 0.3) is 0 Å². The second kappa shape index (κ2) is 9.23. The van der Waals surface area contributed by atoms with E-state index in [1.807, 2.05) is 6.07 Å². The summed E-state index contributed by atoms with van der Waals surface area (Å²) in [4.78, 5) is 13.8. The van der Waals surface area contributed by atoms with E-state index in [1.54, 1.807) is 19.2 Å². The molecule has 1 aromatic rings. The van der Waals surface area contributed by atoms with Crippen molar-refractivity contribution in [3.05, 3.63) is 29.3 Å². The van der Waals surface area contributed by atoms with Crippen molar-refractivity contribution in [2.45, 2.75) is 20.3 Å². The van der Waals surface area contributed by atoms with Crippen LogP contribution in [0, 0.1) is 0 Å². The number of methoxy groups -OCH3 is 1. The maximum Gasteiger partial charge on any atom is 0.216 e. The zero-order valence-corrected chi connectivity index (χ0v) is 13.4. The van der Waals surface area contributed by atoms with Gasteiger partial charge in [0.2, 0.25) is 5.12 Å². The fourth-order valence-corrected chi connectivity index (χ4v) is 2.15. The van der Waals surface area contributed by atoms with Gasteiger partial charge in [-0.1, -0.05) is 13.8 Å². The maximum atomic E-state index is 11.5. The Balaban J connectivity index is 0.00000324. The van der Waals surface area contributed by atoms with Crippen molar-refractivity contribution in [3.8, 4) is 5.75 Å². The highest BCUT2D eigenvalue weighted by Crippen LogP contribution is 2.20. The van der Waals surface area contributed by atoms with Crippen LogP contribution in [0.4, 0.5) is 0 Å². The van der Waals surface area contributed by atoms with Gasteiger partial charge in [0.1, 0.15) is 5.75 Å². The number of thiol groups is 1. The van der Waals surface area contributed by atoms with Gasteiger partial charge in [-0.3, -0.25) is 4.79 Å². The summed E-state index contributed by atoms with van der Waals surface area (Å²) < 4.78 is 5.20. The lowest BCUT2D eigenvalue weighted by atomic mass is 10.0. The minimum atomic E-state index is -0.188. The first-order chi connectivity index (χ1) is 8.62. The molecule has 0 N–H and O–H groups in total. The summed E-state index contributed by atoms with van der Waals surface area (Å²) in [5, 5.41) is -0.188. The minimum absolute atomic E-state index is 0. The lowest BCUT2D eigenvalue weighted by Crippen LogP contribution is -2.25. The van der Waals surface area contributed by atoms with Crippen LogP contribution in [-0.4, -0.2) is 36.8 Å². The third kappa shape index (κ3) is 5.43. The Labute approximate surface area is 127 Å². The first-order valence-corrected chi connectivity index (χ1v) is 6.69. The fraction of sp³-hybridized carbons (Fsp3) is 0.500. The molecule has 0 heterocycles. The molecule has 3 nitrogen and oxygen atoms in total. The van der Waals surface area contributed by atoms with Crippen LogP contribution in [0.1, 0.15) is 29.8 Å². The van der Waals surface area contributed by atoms with Crippen molar-refractivity contribution < 1.29 is 9.53 Å². The molecular weight excluding hydrogens is 282 g/mol. The number of rotatable bonds is 7. The molecule has 0 bridgehead atoms.